The third-order valence-electron chi connectivity index (χ3n) is 4.21. The van der Waals surface area contributed by atoms with Crippen molar-refractivity contribution in [3.63, 3.8) is 0 Å². The summed E-state index contributed by atoms with van der Waals surface area (Å²) in [6.45, 7) is 4.77. The van der Waals surface area contributed by atoms with Crippen molar-refractivity contribution in [1.29, 1.82) is 0 Å². The number of hydrogen-bond donors (Lipinski definition) is 0. The van der Waals surface area contributed by atoms with Gasteiger partial charge >= 0.3 is 24.2 Å². The van der Waals surface area contributed by atoms with Gasteiger partial charge in [0.05, 0.1) is 20.8 Å². The highest BCUT2D eigenvalue weighted by Gasteiger charge is 2.42. The van der Waals surface area contributed by atoms with Gasteiger partial charge in [-0.15, -0.1) is 0 Å². The zero-order valence-electron chi connectivity index (χ0n) is 17.6. The lowest BCUT2D eigenvalue weighted by Gasteiger charge is -2.40. The topological polar surface area (TPSA) is 111 Å². The molecule has 31 heavy (non-hydrogen) atoms. The van der Waals surface area contributed by atoms with Gasteiger partial charge in [0.15, 0.2) is 5.69 Å². The number of methoxy groups -OCH3 is 2. The summed E-state index contributed by atoms with van der Waals surface area (Å²) in [6, 6.07) is -1.18. The van der Waals surface area contributed by atoms with Crippen molar-refractivity contribution in [3.8, 4) is 0 Å². The van der Waals surface area contributed by atoms with E-state index >= 15 is 0 Å². The van der Waals surface area contributed by atoms with Gasteiger partial charge in [0.25, 0.3) is 0 Å². The third-order valence-corrected chi connectivity index (χ3v) is 4.21. The van der Waals surface area contributed by atoms with E-state index in [0.717, 1.165) is 14.2 Å². The van der Waals surface area contributed by atoms with E-state index in [1.807, 2.05) is 0 Å². The molecule has 1 fully saturated rings. The van der Waals surface area contributed by atoms with Crippen molar-refractivity contribution in [2.45, 2.75) is 38.6 Å². The van der Waals surface area contributed by atoms with Gasteiger partial charge in [0.2, 0.25) is 5.95 Å². The molecule has 0 saturated carbocycles. The van der Waals surface area contributed by atoms with Crippen molar-refractivity contribution in [3.05, 3.63) is 17.5 Å². The monoisotopic (exact) mass is 448 g/mol. The number of halogens is 3. The molecule has 1 aliphatic heterocycles. The molecule has 1 aromatic rings. The number of piperazine rings is 1. The Hall–Kier alpha value is -3.12. The van der Waals surface area contributed by atoms with Crippen LogP contribution in [0.3, 0.4) is 0 Å². The molecule has 1 saturated heterocycles. The standard InChI is InChI=1S/C18H23F3N4O6/c1-17(2,3)31-16(28)24-6-7-25(11(9-24)14(27)30-5)15-22-8-10(13(26)29-4)12(23-15)18(19,20)21/h8,11H,6-7,9H2,1-5H3/t11-/m1/s1. The van der Waals surface area contributed by atoms with E-state index in [1.54, 1.807) is 20.8 Å². The minimum atomic E-state index is -4.97. The number of carbonyl (C=O) groups excluding carboxylic acids is 3. The Morgan fingerprint density at radius 1 is 1.10 bits per heavy atom. The number of esters is 2. The normalized spacial score (nSPS) is 17.2. The summed E-state index contributed by atoms with van der Waals surface area (Å²) >= 11 is 0. The lowest BCUT2D eigenvalue weighted by molar-refractivity contribution is -0.143. The van der Waals surface area contributed by atoms with Gasteiger partial charge in [-0.25, -0.2) is 24.4 Å². The van der Waals surface area contributed by atoms with Crippen molar-refractivity contribution in [1.82, 2.24) is 14.9 Å². The average molecular weight is 448 g/mol. The molecule has 172 valence electrons. The number of aromatic nitrogens is 2. The zero-order valence-corrected chi connectivity index (χ0v) is 17.6. The maximum Gasteiger partial charge on any atom is 0.434 e. The number of ether oxygens (including phenoxy) is 3. The van der Waals surface area contributed by atoms with Crippen LogP contribution in [-0.4, -0.2) is 78.4 Å². The lowest BCUT2D eigenvalue weighted by Crippen LogP contribution is -2.59. The molecule has 10 nitrogen and oxygen atoms in total. The molecule has 0 unspecified atom stereocenters. The molecule has 1 aromatic heterocycles. The number of hydrogen-bond acceptors (Lipinski definition) is 9. The first-order valence-corrected chi connectivity index (χ1v) is 9.13. The molecule has 0 aromatic carbocycles. The Morgan fingerprint density at radius 3 is 2.26 bits per heavy atom. The molecule has 0 aliphatic carbocycles. The third kappa shape index (κ3) is 5.73. The number of nitrogens with zero attached hydrogens (tertiary/aromatic N) is 4. The van der Waals surface area contributed by atoms with E-state index in [9.17, 15) is 27.6 Å². The van der Waals surface area contributed by atoms with Crippen LogP contribution in [0.1, 0.15) is 36.8 Å². The summed E-state index contributed by atoms with van der Waals surface area (Å²) < 4.78 is 54.8. The number of alkyl halides is 3. The molecule has 0 bridgehead atoms. The van der Waals surface area contributed by atoms with Gasteiger partial charge in [-0.05, 0) is 20.8 Å². The molecule has 2 rings (SSSR count). The SMILES string of the molecule is COC(=O)c1cnc(N2CCN(C(=O)OC(C)(C)C)C[C@@H]2C(=O)OC)nc1C(F)(F)F. The molecular weight excluding hydrogens is 425 g/mol. The number of rotatable bonds is 3. The Morgan fingerprint density at radius 2 is 1.74 bits per heavy atom. The highest BCUT2D eigenvalue weighted by molar-refractivity contribution is 5.90. The van der Waals surface area contributed by atoms with Crippen LogP contribution < -0.4 is 4.90 Å². The molecular formula is C18H23F3N4O6. The van der Waals surface area contributed by atoms with E-state index in [4.69, 9.17) is 9.47 Å². The molecule has 1 atom stereocenters. The Balaban J connectivity index is 2.39. The van der Waals surface area contributed by atoms with E-state index in [-0.39, 0.29) is 19.6 Å². The average Bonchev–Trinajstić information content (AvgIpc) is 2.69. The van der Waals surface area contributed by atoms with Gasteiger partial charge in [-0.1, -0.05) is 0 Å². The molecule has 0 N–H and O–H groups in total. The van der Waals surface area contributed by atoms with Gasteiger partial charge in [0.1, 0.15) is 17.2 Å². The number of amides is 1. The van der Waals surface area contributed by atoms with Crippen LogP contribution in [0.15, 0.2) is 6.20 Å². The van der Waals surface area contributed by atoms with Crippen LogP contribution in [0.4, 0.5) is 23.9 Å². The van der Waals surface area contributed by atoms with Crippen molar-refractivity contribution >= 4 is 24.0 Å². The highest BCUT2D eigenvalue weighted by Crippen LogP contribution is 2.32. The van der Waals surface area contributed by atoms with Crippen molar-refractivity contribution in [2.75, 3.05) is 38.8 Å². The van der Waals surface area contributed by atoms with Crippen molar-refractivity contribution < 1.29 is 41.8 Å². The fraction of sp³-hybridized carbons (Fsp3) is 0.611. The molecule has 1 aliphatic rings. The first-order valence-electron chi connectivity index (χ1n) is 9.13. The van der Waals surface area contributed by atoms with E-state index < -0.39 is 53.1 Å². The zero-order chi connectivity index (χ0) is 23.6. The van der Waals surface area contributed by atoms with Crippen LogP contribution in [-0.2, 0) is 25.2 Å². The van der Waals surface area contributed by atoms with E-state index in [1.165, 1.54) is 9.80 Å². The summed E-state index contributed by atoms with van der Waals surface area (Å²) in [4.78, 5) is 46.1. The molecule has 0 spiro atoms. The fourth-order valence-electron chi connectivity index (χ4n) is 2.84. The summed E-state index contributed by atoms with van der Waals surface area (Å²) in [5.41, 5.74) is -3.13. The smallest absolute Gasteiger partial charge is 0.434 e. The predicted octanol–water partition coefficient (Wildman–Crippen LogP) is 1.88. The molecule has 1 amide bonds. The lowest BCUT2D eigenvalue weighted by atomic mass is 10.1. The van der Waals surface area contributed by atoms with Gasteiger partial charge < -0.3 is 24.0 Å². The highest BCUT2D eigenvalue weighted by atomic mass is 19.4. The Labute approximate surface area is 176 Å². The molecule has 2 heterocycles. The molecule has 13 heteroatoms. The van der Waals surface area contributed by atoms with Crippen LogP contribution >= 0.6 is 0 Å². The summed E-state index contributed by atoms with van der Waals surface area (Å²) in [6.07, 6.45) is -4.97. The second-order valence-corrected chi connectivity index (χ2v) is 7.58. The largest absolute Gasteiger partial charge is 0.467 e. The number of carbonyl (C=O) groups is 3. The fourth-order valence-corrected chi connectivity index (χ4v) is 2.84. The summed E-state index contributed by atoms with van der Waals surface area (Å²) in [5.74, 6) is -2.50. The minimum absolute atomic E-state index is 0.0336. The minimum Gasteiger partial charge on any atom is -0.467 e. The first-order chi connectivity index (χ1) is 14.3. The maximum absolute atomic E-state index is 13.5. The summed E-state index contributed by atoms with van der Waals surface area (Å²) in [5, 5.41) is 0. The first kappa shape index (κ1) is 24.2. The van der Waals surface area contributed by atoms with Gasteiger partial charge in [0, 0.05) is 19.3 Å². The van der Waals surface area contributed by atoms with Gasteiger partial charge in [-0.2, -0.15) is 13.2 Å². The van der Waals surface area contributed by atoms with Crippen LogP contribution in [0.5, 0.6) is 0 Å². The second-order valence-electron chi connectivity index (χ2n) is 7.58. The van der Waals surface area contributed by atoms with Gasteiger partial charge in [-0.3, -0.25) is 0 Å². The summed E-state index contributed by atoms with van der Waals surface area (Å²) in [7, 11) is 2.04. The van der Waals surface area contributed by atoms with Crippen molar-refractivity contribution in [2.24, 2.45) is 0 Å². The number of anilines is 1. The quantitative estimate of drug-likeness (QED) is 0.505. The second kappa shape index (κ2) is 8.94. The van der Waals surface area contributed by atoms with Crippen LogP contribution in [0.25, 0.3) is 0 Å². The molecule has 0 radical (unpaired) electrons. The van der Waals surface area contributed by atoms with Crippen LogP contribution in [0.2, 0.25) is 0 Å². The maximum atomic E-state index is 13.5. The van der Waals surface area contributed by atoms with Crippen LogP contribution in [0, 0.1) is 0 Å². The predicted molar refractivity (Wildman–Crippen MR) is 99.3 cm³/mol. The van der Waals surface area contributed by atoms with E-state index in [2.05, 4.69) is 14.7 Å². The Bertz CT molecular complexity index is 856. The van der Waals surface area contributed by atoms with E-state index in [0.29, 0.717) is 6.20 Å². The Kier molecular flexibility index (Phi) is 6.96.